The van der Waals surface area contributed by atoms with Gasteiger partial charge in [-0.25, -0.2) is 4.98 Å². The molecule has 4 aromatic rings. The second-order valence-electron chi connectivity index (χ2n) is 7.51. The molecule has 1 amide bonds. The summed E-state index contributed by atoms with van der Waals surface area (Å²) in [6.45, 7) is 1.67. The Morgan fingerprint density at radius 2 is 2.00 bits per heavy atom. The van der Waals surface area contributed by atoms with Crippen LogP contribution in [0.1, 0.15) is 22.7 Å². The molecule has 0 radical (unpaired) electrons. The summed E-state index contributed by atoms with van der Waals surface area (Å²) in [4.78, 5) is 40.6. The summed E-state index contributed by atoms with van der Waals surface area (Å²) in [7, 11) is 0. The zero-order valence-corrected chi connectivity index (χ0v) is 18.7. The van der Waals surface area contributed by atoms with Crippen LogP contribution in [-0.2, 0) is 4.79 Å². The highest BCUT2D eigenvalue weighted by atomic mass is 32.1. The van der Waals surface area contributed by atoms with Crippen LogP contribution in [0.4, 0.5) is 5.69 Å². The lowest BCUT2D eigenvalue weighted by atomic mass is 9.81. The normalized spacial score (nSPS) is 12.6. The molecule has 170 valence electrons. The van der Waals surface area contributed by atoms with Crippen LogP contribution in [0.25, 0.3) is 16.4 Å². The van der Waals surface area contributed by atoms with E-state index in [4.69, 9.17) is 5.73 Å². The molecule has 0 fully saturated rings. The van der Waals surface area contributed by atoms with Gasteiger partial charge in [-0.15, -0.1) is 11.3 Å². The number of H-pyrrole nitrogens is 1. The fraction of sp³-hybridized carbons (Fsp3) is 0.130. The molecule has 0 spiro atoms. The van der Waals surface area contributed by atoms with Crippen LogP contribution in [-0.4, -0.2) is 25.6 Å². The molecule has 10 nitrogen and oxygen atoms in total. The molecule has 3 N–H and O–H groups in total. The summed E-state index contributed by atoms with van der Waals surface area (Å²) < 4.78 is 1.24. The van der Waals surface area contributed by atoms with Gasteiger partial charge in [-0.05, 0) is 12.5 Å². The number of nitrogens with two attached hydrogens (primary N) is 1. The smallest absolute Gasteiger partial charge is 0.277 e. The van der Waals surface area contributed by atoms with E-state index in [2.05, 4.69) is 10.1 Å². The van der Waals surface area contributed by atoms with Gasteiger partial charge in [-0.2, -0.15) is 9.94 Å². The summed E-state index contributed by atoms with van der Waals surface area (Å²) in [5, 5.41) is 25.7. The number of primary amides is 1. The minimum atomic E-state index is -1.25. The number of non-ortho nitro benzene ring substituents is 1. The molecule has 2 aromatic carbocycles. The minimum Gasteiger partial charge on any atom is -0.369 e. The number of hydrogen-bond donors (Lipinski definition) is 2. The third-order valence-corrected chi connectivity index (χ3v) is 6.23. The Bertz CT molecular complexity index is 1480. The van der Waals surface area contributed by atoms with Gasteiger partial charge in [0.25, 0.3) is 11.2 Å². The van der Waals surface area contributed by atoms with Gasteiger partial charge in [0.1, 0.15) is 5.92 Å². The average Bonchev–Trinajstić information content (AvgIpc) is 3.42. The van der Waals surface area contributed by atoms with Crippen molar-refractivity contribution in [1.29, 1.82) is 5.26 Å². The molecular weight excluding hydrogens is 456 g/mol. The van der Waals surface area contributed by atoms with Crippen molar-refractivity contribution in [3.63, 3.8) is 0 Å². The number of thiazole rings is 1. The first-order valence-electron chi connectivity index (χ1n) is 10.1. The number of nitrogens with zero attached hydrogens (tertiary/aromatic N) is 4. The SMILES string of the molecule is Cc1[nH]n(-c2nc(-c3cccc([N+](=O)[O-])c3)cs2)c(=O)c1[C@@H](c1ccccc1)[C@@H](C#N)C(N)=O. The Balaban J connectivity index is 1.81. The van der Waals surface area contributed by atoms with Crippen molar-refractivity contribution in [3.8, 4) is 22.5 Å². The molecule has 0 aliphatic rings. The van der Waals surface area contributed by atoms with E-state index in [1.807, 2.05) is 6.07 Å². The van der Waals surface area contributed by atoms with Crippen LogP contribution in [0.2, 0.25) is 0 Å². The number of aromatic nitrogens is 3. The quantitative estimate of drug-likeness (QED) is 0.309. The number of aromatic amines is 1. The van der Waals surface area contributed by atoms with E-state index in [0.29, 0.717) is 27.6 Å². The molecule has 0 unspecified atom stereocenters. The Morgan fingerprint density at radius 3 is 2.65 bits per heavy atom. The second-order valence-corrected chi connectivity index (χ2v) is 8.35. The highest BCUT2D eigenvalue weighted by Gasteiger charge is 2.34. The van der Waals surface area contributed by atoms with Crippen LogP contribution in [0, 0.1) is 34.3 Å². The van der Waals surface area contributed by atoms with Crippen molar-refractivity contribution in [1.82, 2.24) is 14.8 Å². The van der Waals surface area contributed by atoms with Gasteiger partial charge in [0, 0.05) is 40.3 Å². The van der Waals surface area contributed by atoms with E-state index >= 15 is 0 Å². The molecule has 0 saturated carbocycles. The number of carbonyl (C=O) groups excluding carboxylic acids is 1. The molecule has 2 atom stereocenters. The molecule has 0 aliphatic carbocycles. The van der Waals surface area contributed by atoms with Gasteiger partial charge >= 0.3 is 0 Å². The lowest BCUT2D eigenvalue weighted by molar-refractivity contribution is -0.384. The first-order chi connectivity index (χ1) is 16.3. The molecule has 0 saturated heterocycles. The molecule has 4 rings (SSSR count). The monoisotopic (exact) mass is 474 g/mol. The number of amides is 1. The van der Waals surface area contributed by atoms with Gasteiger partial charge < -0.3 is 5.73 Å². The fourth-order valence-corrected chi connectivity index (χ4v) is 4.62. The number of nitro groups is 1. The average molecular weight is 475 g/mol. The van der Waals surface area contributed by atoms with E-state index < -0.39 is 28.2 Å². The number of nitrogens with one attached hydrogen (secondary N) is 1. The molecule has 11 heteroatoms. The molecule has 0 bridgehead atoms. The second kappa shape index (κ2) is 9.13. The van der Waals surface area contributed by atoms with E-state index in [-0.39, 0.29) is 11.3 Å². The number of hydrogen-bond acceptors (Lipinski definition) is 7. The summed E-state index contributed by atoms with van der Waals surface area (Å²) in [6, 6.07) is 16.7. The van der Waals surface area contributed by atoms with E-state index in [1.165, 1.54) is 28.2 Å². The molecular formula is C23H18N6O4S. The number of rotatable bonds is 7. The van der Waals surface area contributed by atoms with Gasteiger partial charge in [0.15, 0.2) is 0 Å². The highest BCUT2D eigenvalue weighted by Crippen LogP contribution is 2.33. The summed E-state index contributed by atoms with van der Waals surface area (Å²) in [5.41, 5.74) is 7.29. The third-order valence-electron chi connectivity index (χ3n) is 5.40. The molecule has 0 aliphatic heterocycles. The summed E-state index contributed by atoms with van der Waals surface area (Å²) in [5.74, 6) is -2.95. The van der Waals surface area contributed by atoms with Gasteiger partial charge in [0.05, 0.1) is 16.7 Å². The van der Waals surface area contributed by atoms with Crippen LogP contribution >= 0.6 is 11.3 Å². The van der Waals surface area contributed by atoms with Crippen LogP contribution < -0.4 is 11.3 Å². The maximum absolute atomic E-state index is 13.5. The first-order valence-corrected chi connectivity index (χ1v) is 11.0. The first kappa shape index (κ1) is 22.6. The summed E-state index contributed by atoms with van der Waals surface area (Å²) in [6.07, 6.45) is 0. The molecule has 2 heterocycles. The number of carbonyl (C=O) groups is 1. The largest absolute Gasteiger partial charge is 0.369 e. The third kappa shape index (κ3) is 4.10. The number of benzene rings is 2. The number of nitriles is 1. The Kier molecular flexibility index (Phi) is 6.07. The lowest BCUT2D eigenvalue weighted by Gasteiger charge is -2.19. The fourth-order valence-electron chi connectivity index (χ4n) is 3.83. The van der Waals surface area contributed by atoms with E-state index in [9.17, 15) is 25.0 Å². The Hall–Kier alpha value is -4.56. The maximum atomic E-state index is 13.5. The van der Waals surface area contributed by atoms with Crippen molar-refractivity contribution in [3.05, 3.63) is 97.3 Å². The van der Waals surface area contributed by atoms with Crippen LogP contribution in [0.15, 0.2) is 64.8 Å². The van der Waals surface area contributed by atoms with Crippen molar-refractivity contribution in [2.75, 3.05) is 0 Å². The Labute approximate surface area is 197 Å². The Morgan fingerprint density at radius 1 is 1.26 bits per heavy atom. The van der Waals surface area contributed by atoms with E-state index in [0.717, 1.165) is 0 Å². The van der Waals surface area contributed by atoms with Gasteiger partial charge in [-0.1, -0.05) is 42.5 Å². The predicted octanol–water partition coefficient (Wildman–Crippen LogP) is 3.26. The minimum absolute atomic E-state index is 0.0677. The predicted molar refractivity (Wildman–Crippen MR) is 125 cm³/mol. The topological polar surface area (TPSA) is 161 Å². The number of aryl methyl sites for hydroxylation is 1. The van der Waals surface area contributed by atoms with Crippen molar-refractivity contribution >= 4 is 22.9 Å². The number of nitro benzene ring substituents is 1. The van der Waals surface area contributed by atoms with Crippen molar-refractivity contribution < 1.29 is 9.72 Å². The van der Waals surface area contributed by atoms with Crippen LogP contribution in [0.5, 0.6) is 0 Å². The van der Waals surface area contributed by atoms with Crippen molar-refractivity contribution in [2.45, 2.75) is 12.8 Å². The maximum Gasteiger partial charge on any atom is 0.277 e. The zero-order valence-electron chi connectivity index (χ0n) is 17.8. The van der Waals surface area contributed by atoms with Gasteiger partial charge in [-0.3, -0.25) is 24.8 Å². The lowest BCUT2D eigenvalue weighted by Crippen LogP contribution is -2.31. The molecule has 2 aromatic heterocycles. The van der Waals surface area contributed by atoms with Crippen LogP contribution in [0.3, 0.4) is 0 Å². The standard InChI is InChI=1S/C23H18N6O4S/c1-13-19(20(17(11-24)21(25)30)14-6-3-2-4-7-14)22(31)28(27-13)23-26-18(12-34-23)15-8-5-9-16(10-15)29(32)33/h2-10,12,17,20,27H,1H3,(H2,25,30)/t17-,20+/m1/s1. The highest BCUT2D eigenvalue weighted by molar-refractivity contribution is 7.12. The van der Waals surface area contributed by atoms with Crippen molar-refractivity contribution in [2.24, 2.45) is 11.7 Å². The summed E-state index contributed by atoms with van der Waals surface area (Å²) >= 11 is 1.17. The van der Waals surface area contributed by atoms with Gasteiger partial charge in [0.2, 0.25) is 11.0 Å². The van der Waals surface area contributed by atoms with E-state index in [1.54, 1.807) is 54.8 Å². The zero-order chi connectivity index (χ0) is 24.4. The molecule has 34 heavy (non-hydrogen) atoms.